The van der Waals surface area contributed by atoms with Gasteiger partial charge in [0.05, 0.1) is 13.2 Å². The summed E-state index contributed by atoms with van der Waals surface area (Å²) in [6.07, 6.45) is 1.40. The second-order valence-corrected chi connectivity index (χ2v) is 7.34. The van der Waals surface area contributed by atoms with Crippen LogP contribution in [0.5, 0.6) is 5.75 Å². The molecule has 2 amide bonds. The van der Waals surface area contributed by atoms with Crippen molar-refractivity contribution in [3.8, 4) is 5.75 Å². The number of para-hydroxylation sites is 2. The zero-order chi connectivity index (χ0) is 21.0. The van der Waals surface area contributed by atoms with Crippen LogP contribution in [0.3, 0.4) is 0 Å². The topological polar surface area (TPSA) is 127 Å². The molecule has 2 aromatic heterocycles. The van der Waals surface area contributed by atoms with Gasteiger partial charge in [-0.15, -0.1) is 0 Å². The van der Waals surface area contributed by atoms with Gasteiger partial charge in [-0.25, -0.2) is 0 Å². The quantitative estimate of drug-likeness (QED) is 0.656. The van der Waals surface area contributed by atoms with Crippen LogP contribution in [0, 0.1) is 0 Å². The van der Waals surface area contributed by atoms with Crippen molar-refractivity contribution in [2.75, 3.05) is 11.9 Å². The number of ether oxygens (including phenoxy) is 1. The summed E-state index contributed by atoms with van der Waals surface area (Å²) in [4.78, 5) is 43.9. The zero-order valence-electron chi connectivity index (χ0n) is 16.0. The van der Waals surface area contributed by atoms with E-state index in [1.165, 1.54) is 15.7 Å². The van der Waals surface area contributed by atoms with E-state index in [-0.39, 0.29) is 29.9 Å². The van der Waals surface area contributed by atoms with Crippen molar-refractivity contribution in [1.82, 2.24) is 14.5 Å². The number of carbonyl (C=O) groups is 2. The molecule has 30 heavy (non-hydrogen) atoms. The number of pyridine rings is 1. The lowest BCUT2D eigenvalue weighted by Crippen LogP contribution is -2.57. The van der Waals surface area contributed by atoms with Crippen LogP contribution in [0.15, 0.2) is 39.7 Å². The number of carbonyl (C=O) groups excluding carboxylic acids is 2. The average molecular weight is 410 g/mol. The number of anilines is 1. The third kappa shape index (κ3) is 2.76. The highest BCUT2D eigenvalue weighted by atomic mass is 16.5. The van der Waals surface area contributed by atoms with Gasteiger partial charge in [0, 0.05) is 12.2 Å². The first-order valence-electron chi connectivity index (χ1n) is 9.51. The molecule has 0 unspecified atom stereocenters. The number of oxazole rings is 1. The van der Waals surface area contributed by atoms with E-state index in [1.807, 2.05) is 6.92 Å². The highest BCUT2D eigenvalue weighted by molar-refractivity contribution is 6.04. The van der Waals surface area contributed by atoms with Crippen LogP contribution in [0.1, 0.15) is 34.2 Å². The van der Waals surface area contributed by atoms with Gasteiger partial charge in [0.15, 0.2) is 23.3 Å². The zero-order valence-corrected chi connectivity index (χ0v) is 16.0. The van der Waals surface area contributed by atoms with Gasteiger partial charge in [0.25, 0.3) is 11.8 Å². The van der Waals surface area contributed by atoms with Crippen LogP contribution in [-0.4, -0.2) is 50.2 Å². The van der Waals surface area contributed by atoms with Crippen LogP contribution in [0.4, 0.5) is 6.01 Å². The Hall–Kier alpha value is -3.66. The van der Waals surface area contributed by atoms with Crippen molar-refractivity contribution < 1.29 is 23.8 Å². The molecule has 0 spiro atoms. The van der Waals surface area contributed by atoms with Gasteiger partial charge in [-0.2, -0.15) is 4.98 Å². The second-order valence-electron chi connectivity index (χ2n) is 7.34. The Morgan fingerprint density at radius 3 is 2.90 bits per heavy atom. The Kier molecular flexibility index (Phi) is 4.10. The first-order chi connectivity index (χ1) is 14.4. The molecule has 0 bridgehead atoms. The third-order valence-corrected chi connectivity index (χ3v) is 5.44. The molecule has 10 nitrogen and oxygen atoms in total. The van der Waals surface area contributed by atoms with E-state index in [1.54, 1.807) is 24.3 Å². The van der Waals surface area contributed by atoms with E-state index in [0.717, 1.165) is 0 Å². The standard InChI is InChI=1S/C20H18N4O6/c1-10-6-7-29-14-9-23-8-11(16(25)17(26)15(23)19(28)24(10)14)18(27)22-20-21-12-4-2-3-5-13(12)30-20/h2-5,8,10,14,26H,6-7,9H2,1H3,(H,21,22,27)/t10-,14+/m1/s1. The number of rotatable bonds is 2. The summed E-state index contributed by atoms with van der Waals surface area (Å²) in [5.74, 6) is -2.06. The van der Waals surface area contributed by atoms with Gasteiger partial charge in [-0.3, -0.25) is 19.7 Å². The van der Waals surface area contributed by atoms with E-state index >= 15 is 0 Å². The van der Waals surface area contributed by atoms with E-state index < -0.39 is 29.2 Å². The fourth-order valence-corrected chi connectivity index (χ4v) is 3.91. The fraction of sp³-hybridized carbons (Fsp3) is 0.300. The number of aromatic nitrogens is 2. The van der Waals surface area contributed by atoms with Gasteiger partial charge in [-0.1, -0.05) is 12.1 Å². The van der Waals surface area contributed by atoms with Crippen molar-refractivity contribution in [1.29, 1.82) is 0 Å². The number of fused-ring (bicyclic) bond motifs is 3. The molecule has 5 rings (SSSR count). The summed E-state index contributed by atoms with van der Waals surface area (Å²) >= 11 is 0. The SMILES string of the molecule is C[C@@H]1CCO[C@H]2Cn3cc(C(=O)Nc4nc5ccccc5o4)c(=O)c(O)c3C(=O)N12. The summed E-state index contributed by atoms with van der Waals surface area (Å²) in [5, 5.41) is 12.9. The van der Waals surface area contributed by atoms with Crippen LogP contribution in [-0.2, 0) is 11.3 Å². The Morgan fingerprint density at radius 2 is 2.10 bits per heavy atom. The molecule has 0 saturated carbocycles. The number of hydrogen-bond donors (Lipinski definition) is 2. The second kappa shape index (κ2) is 6.70. The molecule has 2 atom stereocenters. The van der Waals surface area contributed by atoms with Crippen LogP contribution >= 0.6 is 0 Å². The minimum absolute atomic E-state index is 0.0745. The first-order valence-corrected chi connectivity index (χ1v) is 9.51. The molecule has 0 aliphatic carbocycles. The summed E-state index contributed by atoms with van der Waals surface area (Å²) in [5.41, 5.74) is -0.387. The number of nitrogens with one attached hydrogen (secondary N) is 1. The van der Waals surface area contributed by atoms with E-state index in [4.69, 9.17) is 9.15 Å². The number of amides is 2. The smallest absolute Gasteiger partial charge is 0.302 e. The Balaban J connectivity index is 1.51. The molecule has 154 valence electrons. The highest BCUT2D eigenvalue weighted by Crippen LogP contribution is 2.29. The molecule has 0 radical (unpaired) electrons. The lowest BCUT2D eigenvalue weighted by Gasteiger charge is -2.44. The monoisotopic (exact) mass is 410 g/mol. The van der Waals surface area contributed by atoms with Crippen molar-refractivity contribution in [2.24, 2.45) is 0 Å². The molecule has 1 saturated heterocycles. The van der Waals surface area contributed by atoms with E-state index in [2.05, 4.69) is 10.3 Å². The van der Waals surface area contributed by atoms with Crippen molar-refractivity contribution >= 4 is 28.9 Å². The van der Waals surface area contributed by atoms with E-state index in [0.29, 0.717) is 24.1 Å². The average Bonchev–Trinajstić information content (AvgIpc) is 3.12. The minimum Gasteiger partial charge on any atom is -0.503 e. The molecule has 3 aromatic rings. The molecule has 2 N–H and O–H groups in total. The molecule has 10 heteroatoms. The molecule has 1 fully saturated rings. The Labute approximate surface area is 169 Å². The third-order valence-electron chi connectivity index (χ3n) is 5.44. The van der Waals surface area contributed by atoms with Crippen LogP contribution < -0.4 is 10.7 Å². The number of benzene rings is 1. The summed E-state index contributed by atoms with van der Waals surface area (Å²) in [7, 11) is 0. The molecule has 2 aliphatic heterocycles. The van der Waals surface area contributed by atoms with E-state index in [9.17, 15) is 19.5 Å². The maximum Gasteiger partial charge on any atom is 0.302 e. The van der Waals surface area contributed by atoms with Gasteiger partial charge < -0.3 is 23.7 Å². The molecular weight excluding hydrogens is 392 g/mol. The van der Waals surface area contributed by atoms with Gasteiger partial charge in [0.2, 0.25) is 5.43 Å². The fourth-order valence-electron chi connectivity index (χ4n) is 3.91. The Morgan fingerprint density at radius 1 is 1.30 bits per heavy atom. The maximum absolute atomic E-state index is 12.9. The van der Waals surface area contributed by atoms with Gasteiger partial charge in [-0.05, 0) is 25.5 Å². The lowest BCUT2D eigenvalue weighted by molar-refractivity contribution is -0.112. The molecule has 4 heterocycles. The minimum atomic E-state index is -0.938. The number of aromatic hydroxyl groups is 1. The largest absolute Gasteiger partial charge is 0.503 e. The lowest BCUT2D eigenvalue weighted by atomic mass is 10.1. The maximum atomic E-state index is 12.9. The van der Waals surface area contributed by atoms with Gasteiger partial charge >= 0.3 is 6.01 Å². The van der Waals surface area contributed by atoms with Crippen LogP contribution in [0.2, 0.25) is 0 Å². The summed E-state index contributed by atoms with van der Waals surface area (Å²) < 4.78 is 12.5. The molecule has 1 aromatic carbocycles. The normalized spacial score (nSPS) is 20.7. The van der Waals surface area contributed by atoms with Crippen molar-refractivity contribution in [3.63, 3.8) is 0 Å². The van der Waals surface area contributed by atoms with Crippen LogP contribution in [0.25, 0.3) is 11.1 Å². The first kappa shape index (κ1) is 18.4. The molecule has 2 aliphatic rings. The summed E-state index contributed by atoms with van der Waals surface area (Å²) in [6.45, 7) is 2.59. The van der Waals surface area contributed by atoms with Gasteiger partial charge in [0.1, 0.15) is 11.1 Å². The highest BCUT2D eigenvalue weighted by Gasteiger charge is 2.41. The molecular formula is C20H18N4O6. The Bertz CT molecular complexity index is 1210. The number of hydrogen-bond acceptors (Lipinski definition) is 7. The van der Waals surface area contributed by atoms with Crippen molar-refractivity contribution in [2.45, 2.75) is 32.2 Å². The van der Waals surface area contributed by atoms with Crippen molar-refractivity contribution in [3.05, 3.63) is 51.9 Å². The predicted molar refractivity (Wildman–Crippen MR) is 104 cm³/mol. The summed E-state index contributed by atoms with van der Waals surface area (Å²) in [6, 6.07) is 6.80. The predicted octanol–water partition coefficient (Wildman–Crippen LogP) is 1.54. The number of nitrogens with zero attached hydrogens (tertiary/aromatic N) is 3.